The first-order valence-electron chi connectivity index (χ1n) is 6.13. The Hall–Kier alpha value is -1.27. The van der Waals surface area contributed by atoms with E-state index in [1.165, 1.54) is 25.3 Å². The largest absolute Gasteiger partial charge is 0.399 e. The lowest BCUT2D eigenvalue weighted by molar-refractivity contribution is 0.303. The molecule has 2 rings (SSSR count). The van der Waals surface area contributed by atoms with Crippen molar-refractivity contribution in [2.24, 2.45) is 11.1 Å². The van der Waals surface area contributed by atoms with Crippen molar-refractivity contribution in [3.05, 3.63) is 18.2 Å². The van der Waals surface area contributed by atoms with Crippen LogP contribution in [-0.4, -0.2) is 15.0 Å². The first-order chi connectivity index (χ1) is 8.47. The van der Waals surface area contributed by atoms with Crippen LogP contribution < -0.4 is 16.2 Å². The van der Waals surface area contributed by atoms with E-state index in [0.717, 1.165) is 18.9 Å². The van der Waals surface area contributed by atoms with Crippen LogP contribution in [0.5, 0.6) is 0 Å². The minimum Gasteiger partial charge on any atom is -0.399 e. The van der Waals surface area contributed by atoms with Gasteiger partial charge in [-0.3, -0.25) is 0 Å². The van der Waals surface area contributed by atoms with E-state index in [9.17, 15) is 8.42 Å². The van der Waals surface area contributed by atoms with E-state index >= 15 is 0 Å². The van der Waals surface area contributed by atoms with Gasteiger partial charge in [0.15, 0.2) is 0 Å². The van der Waals surface area contributed by atoms with Crippen LogP contribution in [0.1, 0.15) is 25.7 Å². The topological polar surface area (TPSA) is 98.2 Å². The van der Waals surface area contributed by atoms with Crippen molar-refractivity contribution in [2.75, 3.05) is 17.6 Å². The van der Waals surface area contributed by atoms with Gasteiger partial charge in [-0.05, 0) is 30.5 Å². The molecule has 0 amide bonds. The van der Waals surface area contributed by atoms with Crippen molar-refractivity contribution in [1.29, 1.82) is 0 Å². The number of hydrogen-bond acceptors (Lipinski definition) is 4. The zero-order valence-electron chi connectivity index (χ0n) is 10.2. The summed E-state index contributed by atoms with van der Waals surface area (Å²) in [6.45, 7) is 0.761. The molecule has 0 bridgehead atoms. The Morgan fingerprint density at radius 3 is 2.61 bits per heavy atom. The van der Waals surface area contributed by atoms with Crippen LogP contribution >= 0.6 is 0 Å². The second kappa shape index (κ2) is 5.16. The lowest BCUT2D eigenvalue weighted by atomic mass is 9.83. The Kier molecular flexibility index (Phi) is 3.77. The second-order valence-electron chi connectivity index (χ2n) is 4.81. The van der Waals surface area contributed by atoms with E-state index in [1.807, 2.05) is 0 Å². The predicted molar refractivity (Wildman–Crippen MR) is 72.7 cm³/mol. The highest BCUT2D eigenvalue weighted by molar-refractivity contribution is 7.89. The lowest BCUT2D eigenvalue weighted by Gasteiger charge is -2.25. The molecule has 0 heterocycles. The molecule has 0 atom stereocenters. The van der Waals surface area contributed by atoms with E-state index < -0.39 is 10.0 Å². The van der Waals surface area contributed by atoms with Crippen molar-refractivity contribution < 1.29 is 8.42 Å². The van der Waals surface area contributed by atoms with Gasteiger partial charge in [0.05, 0.1) is 5.69 Å². The van der Waals surface area contributed by atoms with E-state index in [-0.39, 0.29) is 4.90 Å². The third-order valence-electron chi connectivity index (χ3n) is 3.40. The van der Waals surface area contributed by atoms with Crippen molar-refractivity contribution >= 4 is 21.4 Å². The third kappa shape index (κ3) is 3.14. The number of nitrogen functional groups attached to an aromatic ring is 1. The molecule has 1 fully saturated rings. The van der Waals surface area contributed by atoms with Gasteiger partial charge in [0.2, 0.25) is 10.0 Å². The average molecular weight is 269 g/mol. The van der Waals surface area contributed by atoms with Crippen LogP contribution in [0.2, 0.25) is 0 Å². The summed E-state index contributed by atoms with van der Waals surface area (Å²) in [5.41, 5.74) is 6.51. The number of hydrogen-bond donors (Lipinski definition) is 3. The molecular formula is C12H19N3O2S. The highest BCUT2D eigenvalue weighted by atomic mass is 32.2. The normalized spacial score (nSPS) is 16.3. The van der Waals surface area contributed by atoms with Crippen LogP contribution in [0.4, 0.5) is 11.4 Å². The Balaban J connectivity index is 2.06. The Labute approximate surface area is 108 Å². The summed E-state index contributed by atoms with van der Waals surface area (Å²) in [5.74, 6) is 0.782. The van der Waals surface area contributed by atoms with Crippen LogP contribution in [0.25, 0.3) is 0 Å². The average Bonchev–Trinajstić information content (AvgIpc) is 2.22. The van der Waals surface area contributed by atoms with Gasteiger partial charge < -0.3 is 11.1 Å². The fourth-order valence-corrected chi connectivity index (χ4v) is 2.86. The van der Waals surface area contributed by atoms with E-state index in [1.54, 1.807) is 12.1 Å². The fourth-order valence-electron chi connectivity index (χ4n) is 2.11. The summed E-state index contributed by atoms with van der Waals surface area (Å²) in [6.07, 6.45) is 4.94. The molecule has 1 aliphatic carbocycles. The second-order valence-corrected chi connectivity index (χ2v) is 6.34. The van der Waals surface area contributed by atoms with Gasteiger partial charge in [-0.15, -0.1) is 0 Å². The number of nitrogens with two attached hydrogens (primary N) is 2. The molecule has 0 aliphatic heterocycles. The quantitative estimate of drug-likeness (QED) is 0.706. The summed E-state index contributed by atoms with van der Waals surface area (Å²) in [6, 6.07) is 4.72. The SMILES string of the molecule is Nc1ccc(NCCC2CCC2)c(S(N)(=O)=O)c1. The van der Waals surface area contributed by atoms with E-state index in [4.69, 9.17) is 10.9 Å². The summed E-state index contributed by atoms with van der Waals surface area (Å²) >= 11 is 0. The van der Waals surface area contributed by atoms with Gasteiger partial charge in [-0.2, -0.15) is 0 Å². The summed E-state index contributed by atoms with van der Waals surface area (Å²) < 4.78 is 22.9. The van der Waals surface area contributed by atoms with Gasteiger partial charge in [-0.25, -0.2) is 13.6 Å². The van der Waals surface area contributed by atoms with Crippen molar-refractivity contribution in [1.82, 2.24) is 0 Å². The maximum atomic E-state index is 11.5. The Morgan fingerprint density at radius 1 is 1.33 bits per heavy atom. The summed E-state index contributed by atoms with van der Waals surface area (Å²) in [5, 5.41) is 8.30. The van der Waals surface area contributed by atoms with Gasteiger partial charge >= 0.3 is 0 Å². The molecule has 1 aromatic carbocycles. The minimum absolute atomic E-state index is 0.0658. The monoisotopic (exact) mass is 269 g/mol. The smallest absolute Gasteiger partial charge is 0.240 e. The lowest BCUT2D eigenvalue weighted by Crippen LogP contribution is -2.18. The molecule has 0 unspecified atom stereocenters. The highest BCUT2D eigenvalue weighted by Gasteiger charge is 2.18. The third-order valence-corrected chi connectivity index (χ3v) is 4.36. The molecule has 0 spiro atoms. The summed E-state index contributed by atoms with van der Waals surface area (Å²) in [4.78, 5) is 0.0658. The maximum absolute atomic E-state index is 11.5. The molecule has 5 N–H and O–H groups in total. The summed E-state index contributed by atoms with van der Waals surface area (Å²) in [7, 11) is -3.74. The molecule has 1 aromatic rings. The number of anilines is 2. The minimum atomic E-state index is -3.74. The number of rotatable bonds is 5. The highest BCUT2D eigenvalue weighted by Crippen LogP contribution is 2.29. The molecule has 1 aliphatic rings. The van der Waals surface area contributed by atoms with E-state index in [0.29, 0.717) is 11.4 Å². The molecule has 0 saturated heterocycles. The van der Waals surface area contributed by atoms with Crippen molar-refractivity contribution in [3.63, 3.8) is 0 Å². The predicted octanol–water partition coefficient (Wildman–Crippen LogP) is 1.52. The number of nitrogens with one attached hydrogen (secondary N) is 1. The Bertz CT molecular complexity index is 524. The standard InChI is InChI=1S/C12H19N3O2S/c13-10-4-5-11(12(8-10)18(14,16)17)15-7-6-9-2-1-3-9/h4-5,8-9,15H,1-3,6-7,13H2,(H2,14,16,17). The molecule has 100 valence electrons. The van der Waals surface area contributed by atoms with Gasteiger partial charge in [-0.1, -0.05) is 19.3 Å². The molecule has 6 heteroatoms. The molecule has 5 nitrogen and oxygen atoms in total. The zero-order chi connectivity index (χ0) is 13.2. The van der Waals surface area contributed by atoms with Gasteiger partial charge in [0.1, 0.15) is 4.90 Å². The maximum Gasteiger partial charge on any atom is 0.240 e. The molecule has 1 saturated carbocycles. The number of primary sulfonamides is 1. The number of sulfonamides is 1. The first kappa shape index (κ1) is 13.2. The van der Waals surface area contributed by atoms with E-state index in [2.05, 4.69) is 5.32 Å². The van der Waals surface area contributed by atoms with Crippen molar-refractivity contribution in [2.45, 2.75) is 30.6 Å². The number of benzene rings is 1. The molecule has 0 aromatic heterocycles. The van der Waals surface area contributed by atoms with Crippen LogP contribution in [-0.2, 0) is 10.0 Å². The van der Waals surface area contributed by atoms with Gasteiger partial charge in [0, 0.05) is 12.2 Å². The van der Waals surface area contributed by atoms with Crippen LogP contribution in [0.15, 0.2) is 23.1 Å². The van der Waals surface area contributed by atoms with Crippen LogP contribution in [0.3, 0.4) is 0 Å². The van der Waals surface area contributed by atoms with Crippen LogP contribution in [0, 0.1) is 5.92 Å². The first-order valence-corrected chi connectivity index (χ1v) is 7.67. The Morgan fingerprint density at radius 2 is 2.06 bits per heavy atom. The molecule has 18 heavy (non-hydrogen) atoms. The van der Waals surface area contributed by atoms with Crippen molar-refractivity contribution in [3.8, 4) is 0 Å². The fraction of sp³-hybridized carbons (Fsp3) is 0.500. The molecule has 0 radical (unpaired) electrons. The van der Waals surface area contributed by atoms with Gasteiger partial charge in [0.25, 0.3) is 0 Å². The zero-order valence-corrected chi connectivity index (χ0v) is 11.0. The molecular weight excluding hydrogens is 250 g/mol.